The summed E-state index contributed by atoms with van der Waals surface area (Å²) in [5.74, 6) is -0.933. The van der Waals surface area contributed by atoms with Crippen molar-refractivity contribution in [3.8, 4) is 10.6 Å². The Kier molecular flexibility index (Phi) is 7.07. The molecule has 1 atom stereocenters. The fraction of sp³-hybridized carbons (Fsp3) is 0.160. The number of hydrogen-bond donors (Lipinski definition) is 3. The summed E-state index contributed by atoms with van der Waals surface area (Å²) in [6.45, 7) is 0.907. The smallest absolute Gasteiger partial charge is 0.229 e. The largest absolute Gasteiger partial charge is 0.369 e. The maximum atomic E-state index is 13.5. The molecule has 6 nitrogen and oxygen atoms in total. The van der Waals surface area contributed by atoms with Crippen molar-refractivity contribution < 1.29 is 9.18 Å². The molecule has 4 aromatic rings. The lowest BCUT2D eigenvalue weighted by atomic mass is 9.91. The van der Waals surface area contributed by atoms with Crippen LogP contribution in [0.3, 0.4) is 0 Å². The Hall–Kier alpha value is -3.62. The topological polar surface area (TPSA) is 107 Å². The molecule has 1 aromatic carbocycles. The first kappa shape index (κ1) is 22.6. The van der Waals surface area contributed by atoms with Crippen LogP contribution in [0, 0.1) is 5.82 Å². The monoisotopic (exact) mass is 461 g/mol. The van der Waals surface area contributed by atoms with E-state index in [0.29, 0.717) is 36.5 Å². The average molecular weight is 462 g/mol. The van der Waals surface area contributed by atoms with Gasteiger partial charge in [-0.2, -0.15) is 0 Å². The molecular formula is C25H24FN5OS. The molecule has 3 aromatic heterocycles. The van der Waals surface area contributed by atoms with E-state index in [1.807, 2.05) is 35.7 Å². The van der Waals surface area contributed by atoms with Crippen LogP contribution in [-0.2, 0) is 17.8 Å². The van der Waals surface area contributed by atoms with Crippen molar-refractivity contribution >= 4 is 23.1 Å². The number of primary amides is 1. The van der Waals surface area contributed by atoms with Crippen LogP contribution in [0.1, 0.15) is 28.2 Å². The van der Waals surface area contributed by atoms with Gasteiger partial charge >= 0.3 is 0 Å². The highest BCUT2D eigenvalue weighted by molar-refractivity contribution is 7.13. The Bertz CT molecular complexity index is 1240. The predicted molar refractivity (Wildman–Crippen MR) is 129 cm³/mol. The summed E-state index contributed by atoms with van der Waals surface area (Å²) in [4.78, 5) is 22.4. The Labute approximate surface area is 195 Å². The molecule has 0 aliphatic carbocycles. The molecule has 3 heterocycles. The van der Waals surface area contributed by atoms with Gasteiger partial charge in [0.25, 0.3) is 0 Å². The zero-order chi connectivity index (χ0) is 23.2. The number of carbonyl (C=O) groups is 1. The van der Waals surface area contributed by atoms with Crippen LogP contribution in [-0.4, -0.2) is 22.4 Å². The standard InChI is InChI=1S/C25H24FN5OS/c26-19-5-1-3-16(13-19)8-11-30-25-20(22(24(28)32)18-4-2-10-29-15-18)6-7-21(31-25)23-17(14-27)9-12-33-23/h1-7,9-10,12-13,15,22H,8,11,14,27H2,(H2,28,32)(H,30,31). The summed E-state index contributed by atoms with van der Waals surface area (Å²) in [7, 11) is 0. The van der Waals surface area contributed by atoms with E-state index in [2.05, 4.69) is 10.3 Å². The number of amides is 1. The van der Waals surface area contributed by atoms with Crippen LogP contribution in [0.25, 0.3) is 10.6 Å². The van der Waals surface area contributed by atoms with Gasteiger partial charge in [0.15, 0.2) is 0 Å². The zero-order valence-electron chi connectivity index (χ0n) is 17.9. The van der Waals surface area contributed by atoms with E-state index in [9.17, 15) is 9.18 Å². The molecule has 33 heavy (non-hydrogen) atoms. The van der Waals surface area contributed by atoms with Crippen LogP contribution in [0.5, 0.6) is 0 Å². The Morgan fingerprint density at radius 3 is 2.76 bits per heavy atom. The van der Waals surface area contributed by atoms with Crippen molar-refractivity contribution in [3.05, 3.63) is 100 Å². The maximum absolute atomic E-state index is 13.5. The number of benzene rings is 1. The minimum absolute atomic E-state index is 0.273. The van der Waals surface area contributed by atoms with Crippen molar-refractivity contribution in [1.29, 1.82) is 0 Å². The van der Waals surface area contributed by atoms with Crippen LogP contribution in [0.4, 0.5) is 10.2 Å². The molecule has 168 valence electrons. The second kappa shape index (κ2) is 10.3. The Morgan fingerprint density at radius 2 is 2.03 bits per heavy atom. The lowest BCUT2D eigenvalue weighted by Crippen LogP contribution is -2.24. The van der Waals surface area contributed by atoms with Gasteiger partial charge in [0.05, 0.1) is 16.5 Å². The molecule has 1 unspecified atom stereocenters. The first-order valence-corrected chi connectivity index (χ1v) is 11.4. The third-order valence-corrected chi connectivity index (χ3v) is 6.31. The molecule has 0 spiro atoms. The van der Waals surface area contributed by atoms with Crippen molar-refractivity contribution in [2.24, 2.45) is 11.5 Å². The van der Waals surface area contributed by atoms with Crippen LogP contribution in [0.2, 0.25) is 0 Å². The van der Waals surface area contributed by atoms with E-state index < -0.39 is 11.8 Å². The summed E-state index contributed by atoms with van der Waals surface area (Å²) in [6, 6.07) is 15.8. The molecule has 0 bridgehead atoms. The second-order valence-electron chi connectivity index (χ2n) is 7.54. The quantitative estimate of drug-likeness (QED) is 0.348. The number of rotatable bonds is 9. The van der Waals surface area contributed by atoms with Gasteiger partial charge in [-0.05, 0) is 58.8 Å². The summed E-state index contributed by atoms with van der Waals surface area (Å²) in [5, 5.41) is 5.32. The van der Waals surface area contributed by atoms with E-state index in [4.69, 9.17) is 16.5 Å². The number of carbonyl (C=O) groups excluding carboxylic acids is 1. The van der Waals surface area contributed by atoms with Crippen molar-refractivity contribution in [2.75, 3.05) is 11.9 Å². The first-order chi connectivity index (χ1) is 16.1. The highest BCUT2D eigenvalue weighted by atomic mass is 32.1. The molecule has 0 saturated heterocycles. The van der Waals surface area contributed by atoms with E-state index in [1.165, 1.54) is 12.1 Å². The van der Waals surface area contributed by atoms with Gasteiger partial charge in [0, 0.05) is 31.0 Å². The van der Waals surface area contributed by atoms with Crippen LogP contribution >= 0.6 is 11.3 Å². The van der Waals surface area contributed by atoms with Gasteiger partial charge < -0.3 is 16.8 Å². The molecule has 5 N–H and O–H groups in total. The molecule has 0 saturated carbocycles. The van der Waals surface area contributed by atoms with Gasteiger partial charge in [-0.25, -0.2) is 9.37 Å². The minimum Gasteiger partial charge on any atom is -0.369 e. The summed E-state index contributed by atoms with van der Waals surface area (Å²) >= 11 is 1.56. The Balaban J connectivity index is 1.70. The summed E-state index contributed by atoms with van der Waals surface area (Å²) in [5.41, 5.74) is 15.7. The molecule has 1 amide bonds. The number of aromatic nitrogens is 2. The number of nitrogens with two attached hydrogens (primary N) is 2. The SMILES string of the molecule is NCc1ccsc1-c1ccc(C(C(N)=O)c2cccnc2)c(NCCc2cccc(F)c2)n1. The van der Waals surface area contributed by atoms with Crippen LogP contribution < -0.4 is 16.8 Å². The van der Waals surface area contributed by atoms with Gasteiger partial charge in [0.2, 0.25) is 5.91 Å². The summed E-state index contributed by atoms with van der Waals surface area (Å²) < 4.78 is 13.5. The van der Waals surface area contributed by atoms with Gasteiger partial charge in [-0.1, -0.05) is 24.3 Å². The number of thiophene rings is 1. The molecular weight excluding hydrogens is 437 g/mol. The third kappa shape index (κ3) is 5.24. The molecule has 0 fully saturated rings. The van der Waals surface area contributed by atoms with Gasteiger partial charge in [-0.3, -0.25) is 9.78 Å². The van der Waals surface area contributed by atoms with Gasteiger partial charge in [-0.15, -0.1) is 11.3 Å². The van der Waals surface area contributed by atoms with E-state index in [1.54, 1.807) is 35.9 Å². The average Bonchev–Trinajstić information content (AvgIpc) is 3.30. The maximum Gasteiger partial charge on any atom is 0.229 e. The van der Waals surface area contributed by atoms with E-state index in [-0.39, 0.29) is 5.82 Å². The zero-order valence-corrected chi connectivity index (χ0v) is 18.7. The number of hydrogen-bond acceptors (Lipinski definition) is 6. The number of nitrogens with zero attached hydrogens (tertiary/aromatic N) is 2. The third-order valence-electron chi connectivity index (χ3n) is 5.33. The number of nitrogens with one attached hydrogen (secondary N) is 1. The van der Waals surface area contributed by atoms with Crippen molar-refractivity contribution in [3.63, 3.8) is 0 Å². The number of anilines is 1. The molecule has 8 heteroatoms. The van der Waals surface area contributed by atoms with Gasteiger partial charge in [0.1, 0.15) is 11.6 Å². The first-order valence-electron chi connectivity index (χ1n) is 10.5. The molecule has 0 radical (unpaired) electrons. The highest BCUT2D eigenvalue weighted by Gasteiger charge is 2.25. The van der Waals surface area contributed by atoms with E-state index >= 15 is 0 Å². The summed E-state index contributed by atoms with van der Waals surface area (Å²) in [6.07, 6.45) is 3.86. The molecule has 4 rings (SSSR count). The van der Waals surface area contributed by atoms with Crippen molar-refractivity contribution in [2.45, 2.75) is 18.9 Å². The van der Waals surface area contributed by atoms with Crippen molar-refractivity contribution in [1.82, 2.24) is 9.97 Å². The molecule has 0 aliphatic heterocycles. The predicted octanol–water partition coefficient (Wildman–Crippen LogP) is 4.07. The fourth-order valence-electron chi connectivity index (χ4n) is 3.75. The molecule has 0 aliphatic rings. The second-order valence-corrected chi connectivity index (χ2v) is 8.46. The minimum atomic E-state index is -0.714. The lowest BCUT2D eigenvalue weighted by Gasteiger charge is -2.19. The highest BCUT2D eigenvalue weighted by Crippen LogP contribution is 2.34. The van der Waals surface area contributed by atoms with E-state index in [0.717, 1.165) is 21.7 Å². The Morgan fingerprint density at radius 1 is 1.15 bits per heavy atom. The normalized spacial score (nSPS) is 11.8. The van der Waals surface area contributed by atoms with Crippen LogP contribution in [0.15, 0.2) is 72.4 Å². The lowest BCUT2D eigenvalue weighted by molar-refractivity contribution is -0.118. The fourth-order valence-corrected chi connectivity index (χ4v) is 4.66. The number of halogens is 1. The number of pyridine rings is 2.